The molecule has 5 nitrogen and oxygen atoms in total. The lowest BCUT2D eigenvalue weighted by Crippen LogP contribution is -2.40. The van der Waals surface area contributed by atoms with E-state index in [9.17, 15) is 26.4 Å². The molecule has 0 aromatic rings. The summed E-state index contributed by atoms with van der Waals surface area (Å²) in [5.74, 6) is -2.31. The van der Waals surface area contributed by atoms with Crippen LogP contribution in [0.15, 0.2) is 0 Å². The molecule has 1 unspecified atom stereocenters. The second-order valence-electron chi connectivity index (χ2n) is 2.92. The summed E-state index contributed by atoms with van der Waals surface area (Å²) in [4.78, 5) is 10.5. The number of nitrogens with two attached hydrogens (primary N) is 1. The van der Waals surface area contributed by atoms with Gasteiger partial charge in [0.15, 0.2) is 0 Å². The molecule has 0 aliphatic carbocycles. The fraction of sp³-hybridized carbons (Fsp3) is 0.833. The van der Waals surface area contributed by atoms with Crippen molar-refractivity contribution in [3.8, 4) is 0 Å². The van der Waals surface area contributed by atoms with Gasteiger partial charge in [0.25, 0.3) is 5.78 Å². The maximum absolute atomic E-state index is 11.8. The average molecular weight is 280 g/mol. The van der Waals surface area contributed by atoms with Crippen LogP contribution in [0.25, 0.3) is 0 Å². The number of Topliss-reactive ketones (excluding diaryl/α,β-unsaturated/α-hetero) is 1. The topological polar surface area (TPSA) is 89.3 Å². The molecule has 3 N–H and O–H groups in total. The molecule has 0 saturated carbocycles. The first-order valence-electron chi connectivity index (χ1n) is 3.97. The summed E-state index contributed by atoms with van der Waals surface area (Å²) in [6, 6.07) is 0. The number of rotatable bonds is 6. The summed E-state index contributed by atoms with van der Waals surface area (Å²) in [5.41, 5.74) is 4.93. The highest BCUT2D eigenvalue weighted by Gasteiger charge is 2.42. The van der Waals surface area contributed by atoms with Gasteiger partial charge in [-0.15, -0.1) is 0 Å². The molecule has 10 heteroatoms. The third-order valence-corrected chi connectivity index (χ3v) is 3.11. The van der Waals surface area contributed by atoms with Crippen LogP contribution < -0.4 is 10.5 Å². The molecule has 0 aliphatic heterocycles. The molecule has 1 atom stereocenters. The Labute approximate surface area is 95.0 Å². The van der Waals surface area contributed by atoms with Crippen LogP contribution in [-0.2, 0) is 14.6 Å². The number of ketones is 1. The van der Waals surface area contributed by atoms with Crippen LogP contribution in [0.4, 0.5) is 13.2 Å². The van der Waals surface area contributed by atoms with E-state index in [4.69, 9.17) is 5.73 Å². The average Bonchev–Trinajstić information content (AvgIpc) is 2.07. The van der Waals surface area contributed by atoms with Gasteiger partial charge in [-0.2, -0.15) is 13.2 Å². The minimum atomic E-state index is -4.98. The number of hydrogen-bond acceptors (Lipinski definition) is 6. The highest BCUT2D eigenvalue weighted by Crippen LogP contribution is 2.20. The van der Waals surface area contributed by atoms with Crippen LogP contribution in [0.3, 0.4) is 0 Å². The zero-order valence-corrected chi connectivity index (χ0v) is 9.88. The van der Waals surface area contributed by atoms with E-state index >= 15 is 0 Å². The predicted molar refractivity (Wildman–Crippen MR) is 54.3 cm³/mol. The Morgan fingerprint density at radius 3 is 2.38 bits per heavy atom. The van der Waals surface area contributed by atoms with E-state index in [1.165, 1.54) is 0 Å². The van der Waals surface area contributed by atoms with Crippen molar-refractivity contribution in [1.29, 1.82) is 0 Å². The maximum Gasteiger partial charge on any atom is 0.452 e. The number of carbonyl (C=O) groups is 1. The number of sulfone groups is 1. The molecule has 16 heavy (non-hydrogen) atoms. The van der Waals surface area contributed by atoms with Crippen LogP contribution in [0.5, 0.6) is 0 Å². The van der Waals surface area contributed by atoms with E-state index in [1.54, 1.807) is 0 Å². The summed E-state index contributed by atoms with van der Waals surface area (Å²) in [5, 5.41) is -1.79. The SMILES string of the molecule is CS(=O)(=O)CCNSC(N)C(=O)C(F)(F)F. The van der Waals surface area contributed by atoms with Crippen molar-refractivity contribution in [3.05, 3.63) is 0 Å². The van der Waals surface area contributed by atoms with Gasteiger partial charge in [-0.05, 0) is 0 Å². The zero-order valence-electron chi connectivity index (χ0n) is 8.24. The summed E-state index contributed by atoms with van der Waals surface area (Å²) in [7, 11) is -3.19. The molecule has 0 saturated heterocycles. The van der Waals surface area contributed by atoms with Crippen molar-refractivity contribution >= 4 is 27.6 Å². The lowest BCUT2D eigenvalue weighted by Gasteiger charge is -2.12. The van der Waals surface area contributed by atoms with Crippen molar-refractivity contribution < 1.29 is 26.4 Å². The first-order valence-corrected chi connectivity index (χ1v) is 6.91. The van der Waals surface area contributed by atoms with Gasteiger partial charge in [-0.25, -0.2) is 8.42 Å². The van der Waals surface area contributed by atoms with Crippen LogP contribution in [-0.4, -0.2) is 44.3 Å². The lowest BCUT2D eigenvalue weighted by atomic mass is 10.4. The van der Waals surface area contributed by atoms with Crippen molar-refractivity contribution in [2.45, 2.75) is 11.6 Å². The van der Waals surface area contributed by atoms with Gasteiger partial charge in [-0.3, -0.25) is 9.52 Å². The first kappa shape index (κ1) is 15.7. The Kier molecular flexibility index (Phi) is 5.73. The van der Waals surface area contributed by atoms with Gasteiger partial charge in [0.05, 0.1) is 5.75 Å². The summed E-state index contributed by atoms with van der Waals surface area (Å²) >= 11 is 0.346. The summed E-state index contributed by atoms with van der Waals surface area (Å²) in [6.07, 6.45) is -3.99. The third-order valence-electron chi connectivity index (χ3n) is 1.32. The van der Waals surface area contributed by atoms with Crippen molar-refractivity contribution in [1.82, 2.24) is 4.72 Å². The molecule has 0 heterocycles. The van der Waals surface area contributed by atoms with Crippen LogP contribution in [0, 0.1) is 0 Å². The normalized spacial score (nSPS) is 14.8. The standard InChI is InChI=1S/C6H11F3N2O3S2/c1-16(13,14)3-2-11-15-5(10)4(12)6(7,8)9/h5,11H,2-3,10H2,1H3. The first-order chi connectivity index (χ1) is 7.04. The summed E-state index contributed by atoms with van der Waals surface area (Å²) in [6.45, 7) is -0.0810. The molecule has 0 rings (SSSR count). The fourth-order valence-corrected chi connectivity index (χ4v) is 1.83. The minimum absolute atomic E-state index is 0.0810. The van der Waals surface area contributed by atoms with Gasteiger partial charge >= 0.3 is 6.18 Å². The van der Waals surface area contributed by atoms with E-state index in [2.05, 4.69) is 4.72 Å². The quantitative estimate of drug-likeness (QED) is 0.394. The number of carbonyl (C=O) groups excluding carboxylic acids is 1. The highest BCUT2D eigenvalue weighted by atomic mass is 32.2. The number of hydrogen-bond donors (Lipinski definition) is 2. The predicted octanol–water partition coefficient (Wildman–Crippen LogP) is -0.315. The molecule has 0 fully saturated rings. The molecule has 0 bridgehead atoms. The highest BCUT2D eigenvalue weighted by molar-refractivity contribution is 7.98. The molecule has 96 valence electrons. The van der Waals surface area contributed by atoms with Crippen LogP contribution in [0.1, 0.15) is 0 Å². The molecule has 0 amide bonds. The van der Waals surface area contributed by atoms with Crippen LogP contribution in [0.2, 0.25) is 0 Å². The fourth-order valence-electron chi connectivity index (χ4n) is 0.591. The van der Waals surface area contributed by atoms with Gasteiger partial charge in [0.1, 0.15) is 15.2 Å². The van der Waals surface area contributed by atoms with Gasteiger partial charge in [0, 0.05) is 12.8 Å². The van der Waals surface area contributed by atoms with Crippen molar-refractivity contribution in [3.63, 3.8) is 0 Å². The Hall–Kier alpha value is -0.320. The Balaban J connectivity index is 3.92. The van der Waals surface area contributed by atoms with E-state index < -0.39 is 27.2 Å². The number of alkyl halides is 3. The Morgan fingerprint density at radius 1 is 1.50 bits per heavy atom. The molecule has 0 radical (unpaired) electrons. The van der Waals surface area contributed by atoms with E-state index in [0.29, 0.717) is 11.9 Å². The largest absolute Gasteiger partial charge is 0.452 e. The molecule has 0 aliphatic rings. The number of halogens is 3. The van der Waals surface area contributed by atoms with Gasteiger partial charge < -0.3 is 5.73 Å². The smallest absolute Gasteiger partial charge is 0.312 e. The van der Waals surface area contributed by atoms with E-state index in [-0.39, 0.29) is 12.3 Å². The zero-order chi connectivity index (χ0) is 13.0. The second-order valence-corrected chi connectivity index (χ2v) is 6.22. The maximum atomic E-state index is 11.8. The Bertz CT molecular complexity index is 341. The van der Waals surface area contributed by atoms with E-state index in [1.807, 2.05) is 0 Å². The monoisotopic (exact) mass is 280 g/mol. The van der Waals surface area contributed by atoms with Crippen molar-refractivity contribution in [2.24, 2.45) is 5.73 Å². The van der Waals surface area contributed by atoms with Crippen molar-refractivity contribution in [2.75, 3.05) is 18.6 Å². The summed E-state index contributed by atoms with van der Waals surface area (Å²) < 4.78 is 59.1. The lowest BCUT2D eigenvalue weighted by molar-refractivity contribution is -0.170. The van der Waals surface area contributed by atoms with Gasteiger partial charge in [0.2, 0.25) is 0 Å². The van der Waals surface area contributed by atoms with Gasteiger partial charge in [-0.1, -0.05) is 11.9 Å². The van der Waals surface area contributed by atoms with E-state index in [0.717, 1.165) is 6.26 Å². The minimum Gasteiger partial charge on any atom is -0.312 e. The molecule has 0 spiro atoms. The molecular weight excluding hydrogens is 269 g/mol. The molecular formula is C6H11F3N2O3S2. The number of nitrogens with one attached hydrogen (secondary N) is 1. The second kappa shape index (κ2) is 5.84. The molecule has 0 aromatic carbocycles. The Morgan fingerprint density at radius 2 is 2.00 bits per heavy atom. The van der Waals surface area contributed by atoms with Crippen LogP contribution >= 0.6 is 11.9 Å². The third kappa shape index (κ3) is 7.04. The molecule has 0 aromatic heterocycles.